The molecule has 0 aliphatic carbocycles. The smallest absolute Gasteiger partial charge is 0.272 e. The largest absolute Gasteiger partial charge is 0.359 e. The predicted molar refractivity (Wildman–Crippen MR) is 69.3 cm³/mol. The summed E-state index contributed by atoms with van der Waals surface area (Å²) in [5.74, 6) is 0.848. The second-order valence-corrected chi connectivity index (χ2v) is 6.50. The number of hydrogen-bond acceptors (Lipinski definition) is 5. The summed E-state index contributed by atoms with van der Waals surface area (Å²) in [5, 5.41) is 5.42. The van der Waals surface area contributed by atoms with Gasteiger partial charge in [0.1, 0.15) is 17.8 Å². The van der Waals surface area contributed by atoms with E-state index in [9.17, 15) is 8.42 Å². The summed E-state index contributed by atoms with van der Waals surface area (Å²) in [4.78, 5) is 0. The minimum absolute atomic E-state index is 0.246. The fraction of sp³-hybridized carbons (Fsp3) is 0.222. The lowest BCUT2D eigenvalue weighted by atomic mass is 10.0. The van der Waals surface area contributed by atoms with Crippen LogP contribution < -0.4 is 10.2 Å². The molecule has 0 bridgehead atoms. The lowest BCUT2D eigenvalue weighted by Gasteiger charge is -2.04. The van der Waals surface area contributed by atoms with Crippen molar-refractivity contribution in [1.82, 2.24) is 5.16 Å². The molecule has 0 aliphatic heterocycles. The number of aromatic nitrogens is 1. The van der Waals surface area contributed by atoms with E-state index >= 15 is 0 Å². The van der Waals surface area contributed by atoms with Crippen molar-refractivity contribution >= 4 is 40.5 Å². The van der Waals surface area contributed by atoms with Crippen molar-refractivity contribution in [3.05, 3.63) is 22.8 Å². The fourth-order valence-corrected chi connectivity index (χ4v) is 3.80. The third-order valence-electron chi connectivity index (χ3n) is 2.45. The van der Waals surface area contributed by atoms with Crippen LogP contribution in [0.5, 0.6) is 0 Å². The van der Waals surface area contributed by atoms with Crippen LogP contribution in [0, 0.1) is 13.8 Å². The van der Waals surface area contributed by atoms with Crippen LogP contribution in [0.4, 0.5) is 5.82 Å². The van der Waals surface area contributed by atoms with Crippen LogP contribution in [0.25, 0.3) is 0 Å². The Balaban J connectivity index is 2.37. The van der Waals surface area contributed by atoms with E-state index in [1.165, 1.54) is 11.3 Å². The van der Waals surface area contributed by atoms with Gasteiger partial charge < -0.3 is 4.52 Å². The molecular formula is C9H11BN2O3S2. The Hall–Kier alpha value is -1.28. The number of nitrogens with zero attached hydrogens (tertiary/aromatic N) is 1. The average Bonchev–Trinajstić information content (AvgIpc) is 2.80. The van der Waals surface area contributed by atoms with E-state index in [4.69, 9.17) is 4.52 Å². The highest BCUT2D eigenvalue weighted by molar-refractivity contribution is 7.94. The van der Waals surface area contributed by atoms with Crippen molar-refractivity contribution in [1.29, 1.82) is 0 Å². The van der Waals surface area contributed by atoms with Crippen LogP contribution in [-0.2, 0) is 10.0 Å². The van der Waals surface area contributed by atoms with Crippen molar-refractivity contribution in [2.45, 2.75) is 18.1 Å². The fourth-order valence-electron chi connectivity index (χ4n) is 1.32. The van der Waals surface area contributed by atoms with Gasteiger partial charge in [-0.3, -0.25) is 4.72 Å². The van der Waals surface area contributed by atoms with Gasteiger partial charge in [0.05, 0.1) is 0 Å². The number of sulfonamides is 1. The quantitative estimate of drug-likeness (QED) is 0.820. The van der Waals surface area contributed by atoms with E-state index in [2.05, 4.69) is 9.88 Å². The van der Waals surface area contributed by atoms with Gasteiger partial charge in [0, 0.05) is 5.56 Å². The van der Waals surface area contributed by atoms with Gasteiger partial charge in [0.15, 0.2) is 5.82 Å². The normalized spacial score (nSPS) is 11.6. The van der Waals surface area contributed by atoms with Crippen LogP contribution in [0.3, 0.4) is 0 Å². The summed E-state index contributed by atoms with van der Waals surface area (Å²) in [6, 6.07) is 1.76. The molecule has 2 aromatic rings. The SMILES string of the molecule is Bc1ccsc1S(=O)(=O)Nc1noc(C)c1C. The molecule has 0 spiro atoms. The summed E-state index contributed by atoms with van der Waals surface area (Å²) in [6.45, 7) is 3.49. The molecule has 1 N–H and O–H groups in total. The summed E-state index contributed by atoms with van der Waals surface area (Å²) < 4.78 is 31.8. The zero-order chi connectivity index (χ0) is 12.6. The highest BCUT2D eigenvalue weighted by atomic mass is 32.2. The molecule has 0 fully saturated rings. The first kappa shape index (κ1) is 12.2. The highest BCUT2D eigenvalue weighted by Crippen LogP contribution is 2.21. The molecule has 0 aromatic carbocycles. The molecule has 0 saturated heterocycles. The molecule has 5 nitrogen and oxygen atoms in total. The standard InChI is InChI=1S/C9H11BN2O3S2/c1-5-6(2)15-11-8(5)12-17(13,14)9-7(10)3-4-16-9/h3-4H,10H2,1-2H3,(H,11,12). The van der Waals surface area contributed by atoms with Crippen LogP contribution in [-0.4, -0.2) is 21.4 Å². The first-order valence-corrected chi connectivity index (χ1v) is 7.28. The van der Waals surface area contributed by atoms with Gasteiger partial charge in [-0.2, -0.15) is 0 Å². The maximum atomic E-state index is 12.1. The van der Waals surface area contributed by atoms with Gasteiger partial charge in [-0.05, 0) is 19.2 Å². The second-order valence-electron chi connectivity index (χ2n) is 3.71. The Kier molecular flexibility index (Phi) is 3.01. The number of hydrogen-bond donors (Lipinski definition) is 1. The van der Waals surface area contributed by atoms with E-state index in [-0.39, 0.29) is 5.82 Å². The first-order valence-electron chi connectivity index (χ1n) is 4.91. The minimum Gasteiger partial charge on any atom is -0.359 e. The Morgan fingerprint density at radius 2 is 2.18 bits per heavy atom. The molecule has 90 valence electrons. The maximum absolute atomic E-state index is 12.1. The molecule has 0 saturated carbocycles. The molecule has 0 unspecified atom stereocenters. The van der Waals surface area contributed by atoms with Gasteiger partial charge in [0.25, 0.3) is 10.0 Å². The molecule has 0 radical (unpaired) electrons. The van der Waals surface area contributed by atoms with Crippen LogP contribution >= 0.6 is 11.3 Å². The van der Waals surface area contributed by atoms with E-state index in [0.717, 1.165) is 5.46 Å². The van der Waals surface area contributed by atoms with Gasteiger partial charge in [0.2, 0.25) is 0 Å². The summed E-state index contributed by atoms with van der Waals surface area (Å²) in [5.41, 5.74) is 1.42. The molecule has 2 heterocycles. The summed E-state index contributed by atoms with van der Waals surface area (Å²) in [6.07, 6.45) is 0. The lowest BCUT2D eigenvalue weighted by molar-refractivity contribution is 0.399. The van der Waals surface area contributed by atoms with Crippen molar-refractivity contribution < 1.29 is 12.9 Å². The number of thiophene rings is 1. The van der Waals surface area contributed by atoms with Crippen molar-refractivity contribution in [2.75, 3.05) is 4.72 Å². The molecule has 2 rings (SSSR count). The zero-order valence-corrected chi connectivity index (χ0v) is 11.3. The first-order chi connectivity index (χ1) is 7.92. The van der Waals surface area contributed by atoms with Gasteiger partial charge in [-0.1, -0.05) is 16.7 Å². The third-order valence-corrected chi connectivity index (χ3v) is 5.47. The van der Waals surface area contributed by atoms with E-state index in [1.54, 1.807) is 33.1 Å². The molecule has 0 atom stereocenters. The number of rotatable bonds is 3. The minimum atomic E-state index is -3.56. The van der Waals surface area contributed by atoms with E-state index in [0.29, 0.717) is 15.5 Å². The van der Waals surface area contributed by atoms with E-state index < -0.39 is 10.0 Å². The van der Waals surface area contributed by atoms with E-state index in [1.807, 2.05) is 0 Å². The summed E-state index contributed by atoms with van der Waals surface area (Å²) >= 11 is 1.18. The highest BCUT2D eigenvalue weighted by Gasteiger charge is 2.21. The molecule has 17 heavy (non-hydrogen) atoms. The topological polar surface area (TPSA) is 72.2 Å². The van der Waals surface area contributed by atoms with Crippen molar-refractivity contribution in [2.24, 2.45) is 0 Å². The van der Waals surface area contributed by atoms with Gasteiger partial charge >= 0.3 is 0 Å². The van der Waals surface area contributed by atoms with Crippen LogP contribution in [0.15, 0.2) is 20.2 Å². The third kappa shape index (κ3) is 2.23. The second kappa shape index (κ2) is 4.19. The zero-order valence-electron chi connectivity index (χ0n) is 9.64. The maximum Gasteiger partial charge on any atom is 0.272 e. The lowest BCUT2D eigenvalue weighted by Crippen LogP contribution is -2.19. The monoisotopic (exact) mass is 270 g/mol. The van der Waals surface area contributed by atoms with Gasteiger partial charge in [-0.15, -0.1) is 11.3 Å². The molecule has 8 heteroatoms. The molecule has 2 aromatic heterocycles. The average molecular weight is 270 g/mol. The Labute approximate surface area is 104 Å². The van der Waals surface area contributed by atoms with Crippen molar-refractivity contribution in [3.63, 3.8) is 0 Å². The van der Waals surface area contributed by atoms with Crippen LogP contribution in [0.2, 0.25) is 0 Å². The van der Waals surface area contributed by atoms with Crippen LogP contribution in [0.1, 0.15) is 11.3 Å². The Bertz CT molecular complexity index is 645. The molecular weight excluding hydrogens is 259 g/mol. The Morgan fingerprint density at radius 3 is 2.65 bits per heavy atom. The number of nitrogens with one attached hydrogen (secondary N) is 1. The number of anilines is 1. The molecule has 0 amide bonds. The summed E-state index contributed by atoms with van der Waals surface area (Å²) in [7, 11) is -1.81. The van der Waals surface area contributed by atoms with Gasteiger partial charge in [-0.25, -0.2) is 8.42 Å². The predicted octanol–water partition coefficient (Wildman–Crippen LogP) is 0.412. The number of aryl methyl sites for hydroxylation is 1. The molecule has 0 aliphatic rings. The Morgan fingerprint density at radius 1 is 1.47 bits per heavy atom. The van der Waals surface area contributed by atoms with Crippen molar-refractivity contribution in [3.8, 4) is 0 Å².